The minimum Gasteiger partial charge on any atom is -0.395 e. The fourth-order valence-electron chi connectivity index (χ4n) is 1.01. The molecule has 13 heavy (non-hydrogen) atoms. The van der Waals surface area contributed by atoms with Gasteiger partial charge in [0.1, 0.15) is 5.82 Å². The third-order valence-electron chi connectivity index (χ3n) is 1.83. The maximum absolute atomic E-state index is 8.74. The summed E-state index contributed by atoms with van der Waals surface area (Å²) in [5.41, 5.74) is 0.960. The summed E-state index contributed by atoms with van der Waals surface area (Å²) in [6.07, 6.45) is 0. The van der Waals surface area contributed by atoms with Gasteiger partial charge >= 0.3 is 0 Å². The predicted octanol–water partition coefficient (Wildman–Crippen LogP) is 1.58. The van der Waals surface area contributed by atoms with Crippen LogP contribution in [0.3, 0.4) is 0 Å². The van der Waals surface area contributed by atoms with Gasteiger partial charge in [0.05, 0.1) is 12.3 Å². The molecule has 3 nitrogen and oxygen atoms in total. The minimum atomic E-state index is 0.146. The summed E-state index contributed by atoms with van der Waals surface area (Å²) in [5, 5.41) is 8.74. The molecule has 0 amide bonds. The minimum absolute atomic E-state index is 0.146. The average Bonchev–Trinajstić information content (AvgIpc) is 2.10. The third-order valence-corrected chi connectivity index (χ3v) is 2.67. The van der Waals surface area contributed by atoms with Crippen LogP contribution in [0.25, 0.3) is 0 Å². The first-order valence-corrected chi connectivity index (χ1v) is 4.89. The van der Waals surface area contributed by atoms with Crippen LogP contribution in [0.2, 0.25) is 0 Å². The maximum Gasteiger partial charge on any atom is 0.128 e. The molecule has 0 saturated heterocycles. The lowest BCUT2D eigenvalue weighted by molar-refractivity contribution is 0.304. The van der Waals surface area contributed by atoms with Crippen LogP contribution in [0.4, 0.5) is 5.82 Å². The van der Waals surface area contributed by atoms with E-state index in [9.17, 15) is 0 Å². The van der Waals surface area contributed by atoms with Crippen LogP contribution < -0.4 is 4.90 Å². The lowest BCUT2D eigenvalue weighted by Crippen LogP contribution is -2.22. The Morgan fingerprint density at radius 3 is 2.77 bits per heavy atom. The zero-order valence-electron chi connectivity index (χ0n) is 7.79. The first kappa shape index (κ1) is 10.5. The number of pyridine rings is 1. The Morgan fingerprint density at radius 1 is 1.54 bits per heavy atom. The number of aliphatic hydroxyl groups excluding tert-OH is 1. The quantitative estimate of drug-likeness (QED) is 0.878. The van der Waals surface area contributed by atoms with E-state index in [0.29, 0.717) is 6.54 Å². The van der Waals surface area contributed by atoms with Gasteiger partial charge in [-0.3, -0.25) is 0 Å². The van der Waals surface area contributed by atoms with Crippen molar-refractivity contribution in [1.29, 1.82) is 0 Å². The normalized spacial score (nSPS) is 10.2. The summed E-state index contributed by atoms with van der Waals surface area (Å²) in [6.45, 7) is 2.70. The molecule has 1 N–H and O–H groups in total. The van der Waals surface area contributed by atoms with Gasteiger partial charge in [-0.05, 0) is 35.0 Å². The van der Waals surface area contributed by atoms with Crippen LogP contribution in [0.5, 0.6) is 0 Å². The first-order valence-electron chi connectivity index (χ1n) is 4.10. The molecule has 0 aliphatic rings. The largest absolute Gasteiger partial charge is 0.395 e. The van der Waals surface area contributed by atoms with Crippen LogP contribution in [-0.2, 0) is 0 Å². The lowest BCUT2D eigenvalue weighted by Gasteiger charge is -2.17. The van der Waals surface area contributed by atoms with Crippen LogP contribution in [0.1, 0.15) is 5.69 Å². The number of halogens is 1. The molecule has 1 aromatic rings. The van der Waals surface area contributed by atoms with Crippen molar-refractivity contribution in [2.75, 3.05) is 25.1 Å². The number of nitrogens with zero attached hydrogens (tertiary/aromatic N) is 2. The highest BCUT2D eigenvalue weighted by molar-refractivity contribution is 9.10. The summed E-state index contributed by atoms with van der Waals surface area (Å²) in [7, 11) is 1.91. The van der Waals surface area contributed by atoms with Crippen molar-refractivity contribution in [2.45, 2.75) is 6.92 Å². The third kappa shape index (κ3) is 2.67. The van der Waals surface area contributed by atoms with E-state index in [4.69, 9.17) is 5.11 Å². The second-order valence-corrected chi connectivity index (χ2v) is 3.74. The van der Waals surface area contributed by atoms with E-state index < -0.39 is 0 Å². The molecular formula is C9H13BrN2O. The van der Waals surface area contributed by atoms with Gasteiger partial charge in [-0.2, -0.15) is 0 Å². The molecule has 0 bridgehead atoms. The highest BCUT2D eigenvalue weighted by atomic mass is 79.9. The fraction of sp³-hybridized carbons (Fsp3) is 0.444. The van der Waals surface area contributed by atoms with E-state index in [1.807, 2.05) is 31.0 Å². The Hall–Kier alpha value is -0.610. The maximum atomic E-state index is 8.74. The molecule has 1 rings (SSSR count). The topological polar surface area (TPSA) is 36.4 Å². The number of likely N-dealkylation sites (N-methyl/N-ethyl adjacent to an activating group) is 1. The van der Waals surface area contributed by atoms with Crippen LogP contribution >= 0.6 is 15.9 Å². The number of hydrogen-bond donors (Lipinski definition) is 1. The summed E-state index contributed by atoms with van der Waals surface area (Å²) >= 11 is 3.39. The van der Waals surface area contributed by atoms with Crippen molar-refractivity contribution in [3.8, 4) is 0 Å². The van der Waals surface area contributed by atoms with E-state index >= 15 is 0 Å². The van der Waals surface area contributed by atoms with E-state index in [1.54, 1.807) is 0 Å². The molecule has 4 heteroatoms. The SMILES string of the molecule is Cc1nc(N(C)CCO)ccc1Br. The van der Waals surface area contributed by atoms with Crippen molar-refractivity contribution in [1.82, 2.24) is 4.98 Å². The number of rotatable bonds is 3. The molecule has 0 atom stereocenters. The van der Waals surface area contributed by atoms with Crippen molar-refractivity contribution >= 4 is 21.7 Å². The van der Waals surface area contributed by atoms with Gasteiger partial charge in [-0.25, -0.2) is 4.98 Å². The Bertz CT molecular complexity index is 291. The van der Waals surface area contributed by atoms with E-state index in [-0.39, 0.29) is 6.61 Å². The summed E-state index contributed by atoms with van der Waals surface area (Å²) < 4.78 is 1.01. The van der Waals surface area contributed by atoms with Crippen LogP contribution in [0.15, 0.2) is 16.6 Å². The highest BCUT2D eigenvalue weighted by Crippen LogP contribution is 2.17. The molecule has 0 unspecified atom stereocenters. The van der Waals surface area contributed by atoms with Gasteiger partial charge in [-0.1, -0.05) is 0 Å². The molecule has 0 fully saturated rings. The van der Waals surface area contributed by atoms with Crippen molar-refractivity contribution in [3.05, 3.63) is 22.3 Å². The van der Waals surface area contributed by atoms with E-state index in [2.05, 4.69) is 20.9 Å². The number of anilines is 1. The molecule has 0 aromatic carbocycles. The Kier molecular flexibility index (Phi) is 3.69. The van der Waals surface area contributed by atoms with Crippen molar-refractivity contribution in [2.24, 2.45) is 0 Å². The smallest absolute Gasteiger partial charge is 0.128 e. The Balaban J connectivity index is 2.84. The molecule has 1 aromatic heterocycles. The van der Waals surface area contributed by atoms with E-state index in [0.717, 1.165) is 16.0 Å². The zero-order chi connectivity index (χ0) is 9.84. The molecule has 72 valence electrons. The monoisotopic (exact) mass is 244 g/mol. The second-order valence-electron chi connectivity index (χ2n) is 2.88. The standard InChI is InChI=1S/C9H13BrN2O/c1-7-8(10)3-4-9(11-7)12(2)5-6-13/h3-4,13H,5-6H2,1-2H3. The highest BCUT2D eigenvalue weighted by Gasteiger charge is 2.03. The van der Waals surface area contributed by atoms with Crippen LogP contribution in [0, 0.1) is 6.92 Å². The summed E-state index contributed by atoms with van der Waals surface area (Å²) in [5.74, 6) is 0.884. The average molecular weight is 245 g/mol. The number of aromatic nitrogens is 1. The van der Waals surface area contributed by atoms with Gasteiger partial charge in [0.2, 0.25) is 0 Å². The number of hydrogen-bond acceptors (Lipinski definition) is 3. The zero-order valence-corrected chi connectivity index (χ0v) is 9.37. The number of aliphatic hydroxyl groups is 1. The van der Waals surface area contributed by atoms with Gasteiger partial charge in [0.25, 0.3) is 0 Å². The molecule has 0 aliphatic carbocycles. The Morgan fingerprint density at radius 2 is 2.23 bits per heavy atom. The van der Waals surface area contributed by atoms with Crippen molar-refractivity contribution < 1.29 is 5.11 Å². The molecule has 0 radical (unpaired) electrons. The molecule has 1 heterocycles. The molecule has 0 spiro atoms. The fourth-order valence-corrected chi connectivity index (χ4v) is 1.23. The lowest BCUT2D eigenvalue weighted by atomic mass is 10.3. The molecule has 0 aliphatic heterocycles. The van der Waals surface area contributed by atoms with Gasteiger partial charge in [-0.15, -0.1) is 0 Å². The summed E-state index contributed by atoms with van der Waals surface area (Å²) in [4.78, 5) is 6.28. The molecular weight excluding hydrogens is 232 g/mol. The Labute approximate surface area is 86.5 Å². The van der Waals surface area contributed by atoms with Crippen LogP contribution in [-0.4, -0.2) is 30.3 Å². The van der Waals surface area contributed by atoms with E-state index in [1.165, 1.54) is 0 Å². The number of aryl methyl sites for hydroxylation is 1. The van der Waals surface area contributed by atoms with Crippen molar-refractivity contribution in [3.63, 3.8) is 0 Å². The second kappa shape index (κ2) is 4.58. The van der Waals surface area contributed by atoms with Gasteiger partial charge in [0.15, 0.2) is 0 Å². The summed E-state index contributed by atoms with van der Waals surface area (Å²) in [6, 6.07) is 3.89. The predicted molar refractivity (Wildman–Crippen MR) is 57.0 cm³/mol. The van der Waals surface area contributed by atoms with Gasteiger partial charge < -0.3 is 10.0 Å². The first-order chi connectivity index (χ1) is 6.15. The van der Waals surface area contributed by atoms with Gasteiger partial charge in [0, 0.05) is 18.1 Å². The molecule has 0 saturated carbocycles.